The number of hydrogen-bond donors (Lipinski definition) is 0. The van der Waals surface area contributed by atoms with Crippen LogP contribution in [-0.4, -0.2) is 57.3 Å². The molecule has 1 amide bonds. The van der Waals surface area contributed by atoms with Crippen molar-refractivity contribution in [2.24, 2.45) is 11.8 Å². The number of pyridine rings is 1. The Morgan fingerprint density at radius 3 is 2.26 bits per heavy atom. The summed E-state index contributed by atoms with van der Waals surface area (Å²) in [5, 5.41) is 3.34. The Labute approximate surface area is 190 Å². The number of aromatic nitrogens is 3. The number of nitrogens with zero attached hydrogens (tertiary/aromatic N) is 5. The zero-order chi connectivity index (χ0) is 24.3. The second kappa shape index (κ2) is 8.12. The lowest BCUT2D eigenvalue weighted by Gasteiger charge is -2.38. The number of carbonyl (C=O) groups is 1. The van der Waals surface area contributed by atoms with E-state index < -0.39 is 24.2 Å². The SMILES string of the molecule is O=C(C1CCC(C(F)(F)F)CC1)N1CC2CC1CN2c1ccc(-c2noc(C(F)(F)F)n2)cn1. The summed E-state index contributed by atoms with van der Waals surface area (Å²) < 4.78 is 80.9. The molecule has 4 heterocycles. The van der Waals surface area contributed by atoms with Crippen LogP contribution in [0.3, 0.4) is 0 Å². The van der Waals surface area contributed by atoms with Crippen molar-refractivity contribution in [2.75, 3.05) is 18.0 Å². The molecule has 3 fully saturated rings. The average Bonchev–Trinajstić information content (AvgIpc) is 3.53. The molecule has 2 aromatic heterocycles. The van der Waals surface area contributed by atoms with Gasteiger partial charge in [-0.1, -0.05) is 5.16 Å². The van der Waals surface area contributed by atoms with Gasteiger partial charge in [-0.2, -0.15) is 31.3 Å². The van der Waals surface area contributed by atoms with Gasteiger partial charge in [0, 0.05) is 30.8 Å². The largest absolute Gasteiger partial charge is 0.471 e. The number of alkyl halides is 6. The van der Waals surface area contributed by atoms with Crippen molar-refractivity contribution in [1.29, 1.82) is 0 Å². The van der Waals surface area contributed by atoms with E-state index in [4.69, 9.17) is 0 Å². The fraction of sp³-hybridized carbons (Fsp3) is 0.619. The van der Waals surface area contributed by atoms with Crippen molar-refractivity contribution in [3.63, 3.8) is 0 Å². The number of piperazine rings is 1. The zero-order valence-electron chi connectivity index (χ0n) is 17.8. The van der Waals surface area contributed by atoms with E-state index in [-0.39, 0.29) is 61.0 Å². The fourth-order valence-electron chi connectivity index (χ4n) is 5.26. The highest BCUT2D eigenvalue weighted by Gasteiger charge is 2.48. The molecule has 2 bridgehead atoms. The third kappa shape index (κ3) is 4.20. The lowest BCUT2D eigenvalue weighted by molar-refractivity contribution is -0.185. The van der Waals surface area contributed by atoms with E-state index >= 15 is 0 Å². The Kier molecular flexibility index (Phi) is 5.47. The van der Waals surface area contributed by atoms with Crippen LogP contribution in [0, 0.1) is 11.8 Å². The van der Waals surface area contributed by atoms with Gasteiger partial charge in [0.25, 0.3) is 0 Å². The van der Waals surface area contributed by atoms with Gasteiger partial charge in [-0.3, -0.25) is 4.79 Å². The van der Waals surface area contributed by atoms with Gasteiger partial charge in [0.2, 0.25) is 11.7 Å². The maximum absolute atomic E-state index is 13.0. The molecule has 0 radical (unpaired) electrons. The molecule has 34 heavy (non-hydrogen) atoms. The van der Waals surface area contributed by atoms with Crippen LogP contribution >= 0.6 is 0 Å². The number of anilines is 1. The van der Waals surface area contributed by atoms with Crippen molar-refractivity contribution in [1.82, 2.24) is 20.0 Å². The second-order valence-electron chi connectivity index (χ2n) is 9.10. The summed E-state index contributed by atoms with van der Waals surface area (Å²) in [6.45, 7) is 1.02. The Bertz CT molecular complexity index is 1050. The van der Waals surface area contributed by atoms with E-state index in [0.29, 0.717) is 18.9 Å². The van der Waals surface area contributed by atoms with E-state index in [2.05, 4.69) is 19.6 Å². The van der Waals surface area contributed by atoms with Crippen molar-refractivity contribution in [2.45, 2.75) is 56.5 Å². The van der Waals surface area contributed by atoms with Gasteiger partial charge in [-0.05, 0) is 44.2 Å². The number of rotatable bonds is 3. The molecule has 0 aromatic carbocycles. The summed E-state index contributed by atoms with van der Waals surface area (Å²) in [5.74, 6) is -2.77. The highest BCUT2D eigenvalue weighted by Crippen LogP contribution is 2.42. The minimum absolute atomic E-state index is 0.00488. The standard InChI is InChI=1S/C21H21F6N5O2/c22-20(23,24)13-4-1-11(2-5-13)18(33)32-10-14-7-15(32)9-31(14)16-6-3-12(8-28-16)17-29-19(34-30-17)21(25,26)27/h3,6,8,11,13-15H,1-2,4-5,7,9-10H2. The molecule has 1 saturated carbocycles. The molecule has 2 saturated heterocycles. The molecule has 1 aliphatic carbocycles. The summed E-state index contributed by atoms with van der Waals surface area (Å²) in [4.78, 5) is 24.5. The molecule has 2 unspecified atom stereocenters. The van der Waals surface area contributed by atoms with E-state index in [1.807, 2.05) is 4.90 Å². The van der Waals surface area contributed by atoms with E-state index in [1.165, 1.54) is 6.20 Å². The molecule has 184 valence electrons. The van der Waals surface area contributed by atoms with Crippen LogP contribution in [0.15, 0.2) is 22.9 Å². The van der Waals surface area contributed by atoms with Crippen molar-refractivity contribution >= 4 is 11.7 Å². The number of fused-ring (bicyclic) bond motifs is 2. The first-order valence-corrected chi connectivity index (χ1v) is 11.0. The highest BCUT2D eigenvalue weighted by atomic mass is 19.4. The van der Waals surface area contributed by atoms with Crippen LogP contribution in [0.25, 0.3) is 11.4 Å². The number of amides is 1. The molecule has 0 spiro atoms. The quantitative estimate of drug-likeness (QED) is 0.599. The lowest BCUT2D eigenvalue weighted by atomic mass is 9.81. The first kappa shape index (κ1) is 22.9. The van der Waals surface area contributed by atoms with E-state index in [9.17, 15) is 31.1 Å². The summed E-state index contributed by atoms with van der Waals surface area (Å²) >= 11 is 0. The van der Waals surface area contributed by atoms with E-state index in [1.54, 1.807) is 17.0 Å². The van der Waals surface area contributed by atoms with Gasteiger partial charge in [-0.25, -0.2) is 4.98 Å². The number of carbonyl (C=O) groups excluding carboxylic acids is 1. The number of halogens is 6. The summed E-state index contributed by atoms with van der Waals surface area (Å²) in [5.41, 5.74) is 0.277. The van der Waals surface area contributed by atoms with Crippen molar-refractivity contribution in [3.05, 3.63) is 24.2 Å². The van der Waals surface area contributed by atoms with Gasteiger partial charge in [0.05, 0.1) is 18.0 Å². The summed E-state index contributed by atoms with van der Waals surface area (Å²) in [6, 6.07) is 3.21. The minimum Gasteiger partial charge on any atom is -0.350 e. The molecule has 2 aromatic rings. The maximum atomic E-state index is 13.0. The van der Waals surface area contributed by atoms with Crippen molar-refractivity contribution in [3.8, 4) is 11.4 Å². The van der Waals surface area contributed by atoms with Crippen LogP contribution in [0.4, 0.5) is 32.2 Å². The van der Waals surface area contributed by atoms with Crippen molar-refractivity contribution < 1.29 is 35.7 Å². The molecule has 7 nitrogen and oxygen atoms in total. The summed E-state index contributed by atoms with van der Waals surface area (Å²) in [6.07, 6.45) is -6.31. The summed E-state index contributed by atoms with van der Waals surface area (Å²) in [7, 11) is 0. The Balaban J connectivity index is 1.19. The molecule has 2 aliphatic heterocycles. The van der Waals surface area contributed by atoms with Crippen LogP contribution in [-0.2, 0) is 11.0 Å². The molecule has 5 rings (SSSR count). The highest BCUT2D eigenvalue weighted by molar-refractivity contribution is 5.80. The van der Waals surface area contributed by atoms with Crippen LogP contribution in [0.5, 0.6) is 0 Å². The zero-order valence-corrected chi connectivity index (χ0v) is 17.8. The molecule has 3 aliphatic rings. The van der Waals surface area contributed by atoms with Gasteiger partial charge in [-0.15, -0.1) is 0 Å². The number of likely N-dealkylation sites (tertiary alicyclic amines) is 1. The van der Waals surface area contributed by atoms with Gasteiger partial charge >= 0.3 is 18.2 Å². The Morgan fingerprint density at radius 2 is 1.74 bits per heavy atom. The van der Waals surface area contributed by atoms with Gasteiger partial charge in [0.15, 0.2) is 0 Å². The first-order valence-electron chi connectivity index (χ1n) is 11.0. The van der Waals surface area contributed by atoms with Crippen LogP contribution in [0.1, 0.15) is 38.0 Å². The minimum atomic E-state index is -4.73. The predicted octanol–water partition coefficient (Wildman–Crippen LogP) is 4.31. The second-order valence-corrected chi connectivity index (χ2v) is 9.10. The number of hydrogen-bond acceptors (Lipinski definition) is 6. The smallest absolute Gasteiger partial charge is 0.350 e. The maximum Gasteiger partial charge on any atom is 0.471 e. The van der Waals surface area contributed by atoms with Crippen LogP contribution in [0.2, 0.25) is 0 Å². The Hall–Kier alpha value is -2.86. The molecular formula is C21H21F6N5O2. The molecule has 2 atom stereocenters. The van der Waals surface area contributed by atoms with Gasteiger partial charge in [0.1, 0.15) is 5.82 Å². The fourth-order valence-corrected chi connectivity index (χ4v) is 5.26. The molecule has 0 N–H and O–H groups in total. The first-order chi connectivity index (χ1) is 16.0. The normalized spacial score (nSPS) is 27.5. The van der Waals surface area contributed by atoms with Crippen LogP contribution < -0.4 is 4.90 Å². The molecular weight excluding hydrogens is 468 g/mol. The van der Waals surface area contributed by atoms with Gasteiger partial charge < -0.3 is 14.3 Å². The third-order valence-electron chi connectivity index (χ3n) is 7.03. The monoisotopic (exact) mass is 489 g/mol. The predicted molar refractivity (Wildman–Crippen MR) is 105 cm³/mol. The van der Waals surface area contributed by atoms with E-state index in [0.717, 1.165) is 6.42 Å². The Morgan fingerprint density at radius 1 is 1.00 bits per heavy atom. The topological polar surface area (TPSA) is 75.4 Å². The lowest BCUT2D eigenvalue weighted by Crippen LogP contribution is -2.51. The third-order valence-corrected chi connectivity index (χ3v) is 7.03. The average molecular weight is 489 g/mol. The molecule has 13 heteroatoms.